The maximum absolute atomic E-state index is 12.3. The lowest BCUT2D eigenvalue weighted by Crippen LogP contribution is -2.10. The van der Waals surface area contributed by atoms with E-state index in [0.717, 1.165) is 55.9 Å². The summed E-state index contributed by atoms with van der Waals surface area (Å²) in [4.78, 5) is 17.3. The molecule has 0 saturated heterocycles. The molecule has 6 nitrogen and oxygen atoms in total. The van der Waals surface area contributed by atoms with Gasteiger partial charge in [0, 0.05) is 34.4 Å². The molecule has 0 aliphatic carbocycles. The van der Waals surface area contributed by atoms with Crippen molar-refractivity contribution in [3.05, 3.63) is 68.2 Å². The Hall–Kier alpha value is -2.83. The van der Waals surface area contributed by atoms with E-state index in [-0.39, 0.29) is 12.4 Å². The SMILES string of the molecule is COC(=O)Cc1c(C)nc2c(c(C)c(C)n2Cc2c(C)nn(C)c2Cl)c1-c1ccc(Cl)cc1. The van der Waals surface area contributed by atoms with Crippen LogP contribution in [0.1, 0.15) is 33.8 Å². The molecule has 0 amide bonds. The van der Waals surface area contributed by atoms with Crippen LogP contribution in [0, 0.1) is 27.7 Å². The molecule has 0 saturated carbocycles. The number of carbonyl (C=O) groups is 1. The van der Waals surface area contributed by atoms with Crippen molar-refractivity contribution in [2.24, 2.45) is 7.05 Å². The molecule has 0 aliphatic heterocycles. The van der Waals surface area contributed by atoms with Crippen LogP contribution in [0.4, 0.5) is 0 Å². The first kappa shape index (κ1) is 23.3. The second-order valence-corrected chi connectivity index (χ2v) is 9.08. The summed E-state index contributed by atoms with van der Waals surface area (Å²) in [5.41, 5.74) is 8.48. The van der Waals surface area contributed by atoms with Crippen LogP contribution in [0.2, 0.25) is 10.2 Å². The number of fused-ring (bicyclic) bond motifs is 1. The predicted octanol–water partition coefficient (Wildman–Crippen LogP) is 5.74. The number of carbonyl (C=O) groups excluding carboxylic acids is 1. The quantitative estimate of drug-likeness (QED) is 0.338. The summed E-state index contributed by atoms with van der Waals surface area (Å²) in [6.07, 6.45) is 0.139. The van der Waals surface area contributed by atoms with Crippen molar-refractivity contribution in [2.45, 2.75) is 40.7 Å². The third-order valence-electron chi connectivity index (χ3n) is 6.33. The number of benzene rings is 1. The minimum Gasteiger partial charge on any atom is -0.469 e. The van der Waals surface area contributed by atoms with Crippen molar-refractivity contribution in [3.8, 4) is 11.1 Å². The lowest BCUT2D eigenvalue weighted by atomic mass is 9.92. The number of methoxy groups -OCH3 is 1. The number of halogens is 2. The monoisotopic (exact) mass is 484 g/mol. The van der Waals surface area contributed by atoms with Gasteiger partial charge in [-0.25, -0.2) is 4.98 Å². The summed E-state index contributed by atoms with van der Waals surface area (Å²) in [5.74, 6) is -0.305. The van der Waals surface area contributed by atoms with E-state index in [2.05, 4.69) is 23.5 Å². The number of aryl methyl sites for hydroxylation is 4. The van der Waals surface area contributed by atoms with Gasteiger partial charge < -0.3 is 9.30 Å². The van der Waals surface area contributed by atoms with Crippen molar-refractivity contribution in [3.63, 3.8) is 0 Å². The van der Waals surface area contributed by atoms with Gasteiger partial charge in [-0.3, -0.25) is 9.48 Å². The Labute approximate surface area is 203 Å². The van der Waals surface area contributed by atoms with Crippen LogP contribution in [-0.4, -0.2) is 32.4 Å². The number of hydrogen-bond acceptors (Lipinski definition) is 4. The highest BCUT2D eigenvalue weighted by Gasteiger charge is 2.24. The van der Waals surface area contributed by atoms with E-state index in [1.54, 1.807) is 4.68 Å². The normalized spacial score (nSPS) is 11.4. The van der Waals surface area contributed by atoms with Crippen LogP contribution in [0.25, 0.3) is 22.2 Å². The van der Waals surface area contributed by atoms with Crippen LogP contribution in [0.3, 0.4) is 0 Å². The number of nitrogens with zero attached hydrogens (tertiary/aromatic N) is 4. The highest BCUT2D eigenvalue weighted by atomic mass is 35.5. The maximum atomic E-state index is 12.3. The topological polar surface area (TPSA) is 61.9 Å². The standard InChI is InChI=1S/C25H26Cl2N4O2/c1-13-16(4)31(12-20-15(3)29-30(5)24(20)27)25-22(13)23(17-7-9-18(26)10-8-17)19(14(2)28-25)11-21(32)33-6/h7-10H,11-12H2,1-6H3. The van der Waals surface area contributed by atoms with Gasteiger partial charge in [-0.2, -0.15) is 5.10 Å². The maximum Gasteiger partial charge on any atom is 0.310 e. The minimum absolute atomic E-state index is 0.139. The first-order valence-corrected chi connectivity index (χ1v) is 11.4. The van der Waals surface area contributed by atoms with Crippen LogP contribution in [0.15, 0.2) is 24.3 Å². The van der Waals surface area contributed by atoms with Gasteiger partial charge >= 0.3 is 5.97 Å². The third kappa shape index (κ3) is 4.02. The highest BCUT2D eigenvalue weighted by Crippen LogP contribution is 2.39. The summed E-state index contributed by atoms with van der Waals surface area (Å²) in [5, 5.41) is 6.74. The van der Waals surface area contributed by atoms with E-state index in [9.17, 15) is 4.79 Å². The molecular formula is C25H26Cl2N4O2. The Kier molecular flexibility index (Phi) is 6.25. The van der Waals surface area contributed by atoms with E-state index in [4.69, 9.17) is 32.9 Å². The Bertz CT molecular complexity index is 1380. The molecule has 172 valence electrons. The van der Waals surface area contributed by atoms with Gasteiger partial charge in [-0.15, -0.1) is 0 Å². The number of esters is 1. The van der Waals surface area contributed by atoms with Gasteiger partial charge in [0.25, 0.3) is 0 Å². The molecule has 0 bridgehead atoms. The molecule has 0 aliphatic rings. The summed E-state index contributed by atoms with van der Waals surface area (Å²) in [6, 6.07) is 7.67. The largest absolute Gasteiger partial charge is 0.469 e. The number of hydrogen-bond donors (Lipinski definition) is 0. The molecule has 0 radical (unpaired) electrons. The molecule has 4 rings (SSSR count). The smallest absolute Gasteiger partial charge is 0.310 e. The number of ether oxygens (including phenoxy) is 1. The van der Waals surface area contributed by atoms with Crippen LogP contribution < -0.4 is 0 Å². The van der Waals surface area contributed by atoms with E-state index in [0.29, 0.717) is 16.7 Å². The second kappa shape index (κ2) is 8.84. The molecule has 3 heterocycles. The summed E-state index contributed by atoms with van der Waals surface area (Å²) < 4.78 is 8.84. The molecule has 0 atom stereocenters. The minimum atomic E-state index is -0.305. The molecule has 8 heteroatoms. The molecule has 0 spiro atoms. The number of aromatic nitrogens is 4. The lowest BCUT2D eigenvalue weighted by molar-refractivity contribution is -0.139. The summed E-state index contributed by atoms with van der Waals surface area (Å²) in [6.45, 7) is 8.61. The van der Waals surface area contributed by atoms with E-state index >= 15 is 0 Å². The molecule has 0 fully saturated rings. The molecule has 33 heavy (non-hydrogen) atoms. The predicted molar refractivity (Wildman–Crippen MR) is 132 cm³/mol. The van der Waals surface area contributed by atoms with Crippen molar-refractivity contribution in [2.75, 3.05) is 7.11 Å². The lowest BCUT2D eigenvalue weighted by Gasteiger charge is -2.15. The van der Waals surface area contributed by atoms with Gasteiger partial charge in [0.15, 0.2) is 0 Å². The van der Waals surface area contributed by atoms with Crippen molar-refractivity contribution in [1.29, 1.82) is 0 Å². The fourth-order valence-electron chi connectivity index (χ4n) is 4.39. The number of pyridine rings is 1. The van der Waals surface area contributed by atoms with Crippen LogP contribution in [0.5, 0.6) is 0 Å². The zero-order valence-corrected chi connectivity index (χ0v) is 21.1. The van der Waals surface area contributed by atoms with E-state index < -0.39 is 0 Å². The Morgan fingerprint density at radius 3 is 2.27 bits per heavy atom. The molecule has 4 aromatic rings. The van der Waals surface area contributed by atoms with E-state index in [1.165, 1.54) is 7.11 Å². The van der Waals surface area contributed by atoms with Crippen molar-refractivity contribution in [1.82, 2.24) is 19.3 Å². The molecular weight excluding hydrogens is 459 g/mol. The zero-order valence-electron chi connectivity index (χ0n) is 19.6. The van der Waals surface area contributed by atoms with Crippen LogP contribution in [-0.2, 0) is 29.5 Å². The van der Waals surface area contributed by atoms with Gasteiger partial charge in [-0.05, 0) is 62.1 Å². The second-order valence-electron chi connectivity index (χ2n) is 8.28. The summed E-state index contributed by atoms with van der Waals surface area (Å²) >= 11 is 12.7. The van der Waals surface area contributed by atoms with Crippen molar-refractivity contribution < 1.29 is 9.53 Å². The zero-order chi connectivity index (χ0) is 24.0. The average Bonchev–Trinajstić information content (AvgIpc) is 3.16. The van der Waals surface area contributed by atoms with E-state index in [1.807, 2.05) is 45.2 Å². The first-order chi connectivity index (χ1) is 15.6. The fraction of sp³-hybridized carbons (Fsp3) is 0.320. The molecule has 3 aromatic heterocycles. The molecule has 1 aromatic carbocycles. The van der Waals surface area contributed by atoms with Gasteiger partial charge in [-0.1, -0.05) is 35.3 Å². The Morgan fingerprint density at radius 1 is 1.03 bits per heavy atom. The Balaban J connectivity index is 2.03. The Morgan fingerprint density at radius 2 is 1.70 bits per heavy atom. The third-order valence-corrected chi connectivity index (χ3v) is 7.06. The van der Waals surface area contributed by atoms with Gasteiger partial charge in [0.2, 0.25) is 0 Å². The van der Waals surface area contributed by atoms with Crippen LogP contribution >= 0.6 is 23.2 Å². The average molecular weight is 485 g/mol. The fourth-order valence-corrected chi connectivity index (χ4v) is 4.75. The number of rotatable bonds is 5. The van der Waals surface area contributed by atoms with Crippen molar-refractivity contribution >= 4 is 40.2 Å². The molecule has 0 unspecified atom stereocenters. The van der Waals surface area contributed by atoms with Gasteiger partial charge in [0.05, 0.1) is 25.8 Å². The summed E-state index contributed by atoms with van der Waals surface area (Å²) in [7, 11) is 3.24. The highest BCUT2D eigenvalue weighted by molar-refractivity contribution is 6.30. The first-order valence-electron chi connectivity index (χ1n) is 10.6. The van der Waals surface area contributed by atoms with Gasteiger partial charge in [0.1, 0.15) is 10.8 Å². The molecule has 0 N–H and O–H groups in total.